The lowest BCUT2D eigenvalue weighted by atomic mass is 10.1. The summed E-state index contributed by atoms with van der Waals surface area (Å²) in [5.74, 6) is -0.452. The third kappa shape index (κ3) is 3.48. The van der Waals surface area contributed by atoms with Crippen LogP contribution in [0.1, 0.15) is 15.9 Å². The number of benzene rings is 2. The van der Waals surface area contributed by atoms with Crippen molar-refractivity contribution in [1.82, 2.24) is 0 Å². The van der Waals surface area contributed by atoms with Crippen molar-refractivity contribution in [2.24, 2.45) is 0 Å². The summed E-state index contributed by atoms with van der Waals surface area (Å²) in [4.78, 5) is 10.8. The highest BCUT2D eigenvalue weighted by molar-refractivity contribution is 5.93. The van der Waals surface area contributed by atoms with Gasteiger partial charge in [-0.15, -0.1) is 0 Å². The van der Waals surface area contributed by atoms with Gasteiger partial charge in [0, 0.05) is 18.2 Å². The van der Waals surface area contributed by atoms with Gasteiger partial charge in [0.15, 0.2) is 0 Å². The predicted molar refractivity (Wildman–Crippen MR) is 73.5 cm³/mol. The lowest BCUT2D eigenvalue weighted by Crippen LogP contribution is -2.05. The van der Waals surface area contributed by atoms with Crippen LogP contribution in [0.15, 0.2) is 48.5 Å². The first-order valence-corrected chi connectivity index (χ1v) is 5.96. The smallest absolute Gasteiger partial charge is 0.337 e. The summed E-state index contributed by atoms with van der Waals surface area (Å²) >= 11 is 0. The van der Waals surface area contributed by atoms with Crippen molar-refractivity contribution in [1.29, 1.82) is 0 Å². The molecule has 0 aliphatic rings. The molecule has 2 aromatic carbocycles. The van der Waals surface area contributed by atoms with E-state index in [0.29, 0.717) is 12.4 Å². The Hall–Kier alpha value is -2.49. The summed E-state index contributed by atoms with van der Waals surface area (Å²) in [5.41, 5.74) is 7.14. The Bertz CT molecular complexity index is 567. The molecule has 0 aliphatic heterocycles. The topological polar surface area (TPSA) is 72.5 Å². The molecule has 0 unspecified atom stereocenters. The molecule has 3 N–H and O–H groups in total. The number of carboxylic acids is 1. The van der Waals surface area contributed by atoms with Gasteiger partial charge in [-0.05, 0) is 17.7 Å². The van der Waals surface area contributed by atoms with Crippen LogP contribution in [0.5, 0.6) is 5.75 Å². The predicted octanol–water partition coefficient (Wildman–Crippen LogP) is 2.59. The minimum atomic E-state index is -1.03. The Labute approximate surface area is 111 Å². The van der Waals surface area contributed by atoms with Crippen molar-refractivity contribution in [3.8, 4) is 5.75 Å². The van der Waals surface area contributed by atoms with E-state index in [1.807, 2.05) is 30.3 Å². The average Bonchev–Trinajstić information content (AvgIpc) is 2.39. The van der Waals surface area contributed by atoms with Gasteiger partial charge in [0.05, 0.1) is 12.2 Å². The third-order valence-electron chi connectivity index (χ3n) is 2.76. The Morgan fingerprint density at radius 3 is 2.53 bits per heavy atom. The van der Waals surface area contributed by atoms with E-state index in [9.17, 15) is 4.79 Å². The van der Waals surface area contributed by atoms with E-state index in [-0.39, 0.29) is 11.3 Å². The zero-order valence-corrected chi connectivity index (χ0v) is 10.4. The number of rotatable bonds is 5. The molecule has 98 valence electrons. The highest BCUT2D eigenvalue weighted by Gasteiger charge is 2.08. The fourth-order valence-electron chi connectivity index (χ4n) is 1.76. The van der Waals surface area contributed by atoms with Crippen LogP contribution in [0.3, 0.4) is 0 Å². The number of ether oxygens (including phenoxy) is 1. The normalized spacial score (nSPS) is 10.1. The second-order valence-electron chi connectivity index (χ2n) is 4.14. The molecule has 0 saturated carbocycles. The number of anilines is 1. The highest BCUT2D eigenvalue weighted by atomic mass is 16.5. The Morgan fingerprint density at radius 1 is 1.16 bits per heavy atom. The number of aromatic carboxylic acids is 1. The molecular weight excluding hydrogens is 242 g/mol. The number of nitrogen functional groups attached to an aromatic ring is 1. The van der Waals surface area contributed by atoms with Crippen molar-refractivity contribution < 1.29 is 14.6 Å². The summed E-state index contributed by atoms with van der Waals surface area (Å²) in [6.45, 7) is 0.524. The van der Waals surface area contributed by atoms with Gasteiger partial charge in [-0.25, -0.2) is 4.79 Å². The van der Waals surface area contributed by atoms with Crippen LogP contribution < -0.4 is 10.5 Å². The fourth-order valence-corrected chi connectivity index (χ4v) is 1.76. The van der Waals surface area contributed by atoms with Crippen molar-refractivity contribution in [2.75, 3.05) is 12.3 Å². The Morgan fingerprint density at radius 2 is 1.89 bits per heavy atom. The highest BCUT2D eigenvalue weighted by Crippen LogP contribution is 2.20. The molecule has 0 atom stereocenters. The van der Waals surface area contributed by atoms with E-state index in [1.54, 1.807) is 6.07 Å². The third-order valence-corrected chi connectivity index (χ3v) is 2.76. The summed E-state index contributed by atoms with van der Waals surface area (Å²) in [6.07, 6.45) is 0.793. The van der Waals surface area contributed by atoms with Gasteiger partial charge in [0.1, 0.15) is 5.75 Å². The molecule has 2 aromatic rings. The standard InChI is InChI=1S/C15H15NO3/c16-14-10-12(6-7-13(14)15(17)18)19-9-8-11-4-2-1-3-5-11/h1-7,10H,8-9,16H2,(H,17,18). The van der Waals surface area contributed by atoms with Gasteiger partial charge in [-0.2, -0.15) is 0 Å². The molecule has 19 heavy (non-hydrogen) atoms. The minimum absolute atomic E-state index is 0.0930. The largest absolute Gasteiger partial charge is 0.493 e. The van der Waals surface area contributed by atoms with Crippen LogP contribution >= 0.6 is 0 Å². The van der Waals surface area contributed by atoms with Crippen LogP contribution in [0.2, 0.25) is 0 Å². The molecule has 4 nitrogen and oxygen atoms in total. The maximum absolute atomic E-state index is 10.8. The molecule has 2 rings (SSSR count). The van der Waals surface area contributed by atoms with Gasteiger partial charge in [0.2, 0.25) is 0 Å². The second kappa shape index (κ2) is 5.91. The number of carboxylic acid groups (broad SMARTS) is 1. The lowest BCUT2D eigenvalue weighted by molar-refractivity contribution is 0.0698. The van der Waals surface area contributed by atoms with E-state index in [0.717, 1.165) is 6.42 Å². The van der Waals surface area contributed by atoms with Crippen LogP contribution in [-0.4, -0.2) is 17.7 Å². The molecule has 0 radical (unpaired) electrons. The van der Waals surface area contributed by atoms with E-state index < -0.39 is 5.97 Å². The van der Waals surface area contributed by atoms with Gasteiger partial charge >= 0.3 is 5.97 Å². The summed E-state index contributed by atoms with van der Waals surface area (Å²) in [7, 11) is 0. The van der Waals surface area contributed by atoms with Gasteiger partial charge < -0.3 is 15.6 Å². The monoisotopic (exact) mass is 257 g/mol. The summed E-state index contributed by atoms with van der Waals surface area (Å²) in [5, 5.41) is 8.86. The molecule has 0 aromatic heterocycles. The number of carbonyl (C=O) groups is 1. The number of hydrogen-bond acceptors (Lipinski definition) is 3. The quantitative estimate of drug-likeness (QED) is 0.807. The van der Waals surface area contributed by atoms with E-state index in [1.165, 1.54) is 17.7 Å². The van der Waals surface area contributed by atoms with Gasteiger partial charge in [-0.3, -0.25) is 0 Å². The Kier molecular flexibility index (Phi) is 4.03. The second-order valence-corrected chi connectivity index (χ2v) is 4.14. The van der Waals surface area contributed by atoms with Crippen LogP contribution in [0, 0.1) is 0 Å². The Balaban J connectivity index is 1.93. The minimum Gasteiger partial charge on any atom is -0.493 e. The number of nitrogens with two attached hydrogens (primary N) is 1. The molecule has 0 heterocycles. The van der Waals surface area contributed by atoms with Gasteiger partial charge in [0.25, 0.3) is 0 Å². The zero-order chi connectivity index (χ0) is 13.7. The van der Waals surface area contributed by atoms with Crippen LogP contribution in [0.4, 0.5) is 5.69 Å². The fraction of sp³-hybridized carbons (Fsp3) is 0.133. The van der Waals surface area contributed by atoms with Crippen molar-refractivity contribution in [2.45, 2.75) is 6.42 Å². The lowest BCUT2D eigenvalue weighted by Gasteiger charge is -2.08. The maximum Gasteiger partial charge on any atom is 0.337 e. The number of hydrogen-bond donors (Lipinski definition) is 2. The summed E-state index contributed by atoms with van der Waals surface area (Å²) < 4.78 is 5.55. The molecule has 4 heteroatoms. The first-order valence-electron chi connectivity index (χ1n) is 5.96. The molecular formula is C15H15NO3. The maximum atomic E-state index is 10.8. The first-order chi connectivity index (χ1) is 9.16. The molecule has 0 saturated heterocycles. The van der Waals surface area contributed by atoms with Crippen molar-refractivity contribution in [3.63, 3.8) is 0 Å². The van der Waals surface area contributed by atoms with Gasteiger partial charge in [-0.1, -0.05) is 30.3 Å². The molecule has 0 spiro atoms. The zero-order valence-electron chi connectivity index (χ0n) is 10.4. The SMILES string of the molecule is Nc1cc(OCCc2ccccc2)ccc1C(=O)O. The van der Waals surface area contributed by atoms with Crippen LogP contribution in [-0.2, 0) is 6.42 Å². The van der Waals surface area contributed by atoms with Crippen molar-refractivity contribution >= 4 is 11.7 Å². The molecule has 0 amide bonds. The van der Waals surface area contributed by atoms with E-state index >= 15 is 0 Å². The molecule has 0 bridgehead atoms. The molecule has 0 aliphatic carbocycles. The van der Waals surface area contributed by atoms with E-state index in [2.05, 4.69) is 0 Å². The van der Waals surface area contributed by atoms with E-state index in [4.69, 9.17) is 15.6 Å². The van der Waals surface area contributed by atoms with Crippen LogP contribution in [0.25, 0.3) is 0 Å². The molecule has 0 fully saturated rings. The van der Waals surface area contributed by atoms with Crippen molar-refractivity contribution in [3.05, 3.63) is 59.7 Å². The summed E-state index contributed by atoms with van der Waals surface area (Å²) in [6, 6.07) is 14.6. The average molecular weight is 257 g/mol. The first kappa shape index (κ1) is 13.0.